The minimum Gasteiger partial charge on any atom is -0.326 e. The maximum atomic E-state index is 12.6. The van der Waals surface area contributed by atoms with Crippen LogP contribution in [0.3, 0.4) is 0 Å². The summed E-state index contributed by atoms with van der Waals surface area (Å²) in [6.07, 6.45) is 2.56. The van der Waals surface area contributed by atoms with Crippen molar-refractivity contribution in [2.75, 3.05) is 23.7 Å². The molecule has 2 amide bonds. The first-order valence-corrected chi connectivity index (χ1v) is 7.45. The van der Waals surface area contributed by atoms with Crippen molar-refractivity contribution in [3.05, 3.63) is 24.3 Å². The Labute approximate surface area is 125 Å². The monoisotopic (exact) mass is 289 g/mol. The van der Waals surface area contributed by atoms with Gasteiger partial charge in [0.25, 0.3) is 0 Å². The average molecular weight is 289 g/mol. The second-order valence-electron chi connectivity index (χ2n) is 5.60. The Hall–Kier alpha value is -1.88. The third-order valence-corrected chi connectivity index (χ3v) is 4.16. The van der Waals surface area contributed by atoms with E-state index < -0.39 is 0 Å². The Morgan fingerprint density at radius 3 is 2.38 bits per heavy atom. The molecule has 1 aliphatic heterocycles. The Balaban J connectivity index is 2.09. The number of nitrogens with one attached hydrogen (secondary N) is 3. The molecule has 1 heterocycles. The zero-order valence-corrected chi connectivity index (χ0v) is 12.7. The van der Waals surface area contributed by atoms with Gasteiger partial charge in [0.1, 0.15) is 0 Å². The van der Waals surface area contributed by atoms with Gasteiger partial charge in [-0.25, -0.2) is 0 Å². The van der Waals surface area contributed by atoms with Gasteiger partial charge in [-0.05, 0) is 50.6 Å². The maximum absolute atomic E-state index is 12.6. The van der Waals surface area contributed by atoms with Crippen LogP contribution in [0, 0.1) is 5.41 Å². The Morgan fingerprint density at radius 2 is 1.81 bits per heavy atom. The third-order valence-electron chi connectivity index (χ3n) is 4.16. The zero-order valence-electron chi connectivity index (χ0n) is 12.7. The summed E-state index contributed by atoms with van der Waals surface area (Å²) in [5, 5.41) is 9.02. The van der Waals surface area contributed by atoms with Crippen molar-refractivity contribution in [1.82, 2.24) is 5.32 Å². The lowest BCUT2D eigenvalue weighted by molar-refractivity contribution is -0.127. The van der Waals surface area contributed by atoms with Crippen molar-refractivity contribution in [2.24, 2.45) is 5.41 Å². The molecule has 0 spiro atoms. The molecule has 1 aliphatic rings. The van der Waals surface area contributed by atoms with Crippen LogP contribution < -0.4 is 16.0 Å². The third kappa shape index (κ3) is 3.82. The molecule has 0 unspecified atom stereocenters. The number of carbonyl (C=O) groups excluding carboxylic acids is 2. The van der Waals surface area contributed by atoms with Crippen molar-refractivity contribution in [1.29, 1.82) is 0 Å². The topological polar surface area (TPSA) is 70.2 Å². The predicted octanol–water partition coefficient (Wildman–Crippen LogP) is 2.36. The van der Waals surface area contributed by atoms with Crippen LogP contribution in [0.2, 0.25) is 0 Å². The molecule has 21 heavy (non-hydrogen) atoms. The lowest BCUT2D eigenvalue weighted by atomic mass is 9.76. The van der Waals surface area contributed by atoms with Gasteiger partial charge >= 0.3 is 0 Å². The van der Waals surface area contributed by atoms with Crippen molar-refractivity contribution in [3.63, 3.8) is 0 Å². The quantitative estimate of drug-likeness (QED) is 0.797. The van der Waals surface area contributed by atoms with E-state index in [1.807, 2.05) is 12.1 Å². The fourth-order valence-electron chi connectivity index (χ4n) is 2.79. The van der Waals surface area contributed by atoms with Gasteiger partial charge in [-0.2, -0.15) is 0 Å². The van der Waals surface area contributed by atoms with Gasteiger partial charge in [-0.3, -0.25) is 9.59 Å². The molecule has 0 aromatic heterocycles. The second-order valence-corrected chi connectivity index (χ2v) is 5.60. The van der Waals surface area contributed by atoms with Crippen LogP contribution in [0.5, 0.6) is 0 Å². The lowest BCUT2D eigenvalue weighted by Crippen LogP contribution is -2.44. The molecular formula is C16H23N3O2. The predicted molar refractivity (Wildman–Crippen MR) is 84.2 cm³/mol. The van der Waals surface area contributed by atoms with E-state index in [1.165, 1.54) is 6.92 Å². The van der Waals surface area contributed by atoms with E-state index in [0.29, 0.717) is 5.69 Å². The molecule has 1 aromatic carbocycles. The number of rotatable bonds is 4. The number of hydrogen-bond acceptors (Lipinski definition) is 3. The van der Waals surface area contributed by atoms with Gasteiger partial charge < -0.3 is 16.0 Å². The first-order chi connectivity index (χ1) is 10.1. The smallest absolute Gasteiger partial charge is 0.230 e. The molecule has 5 nitrogen and oxygen atoms in total. The number of piperidine rings is 1. The summed E-state index contributed by atoms with van der Waals surface area (Å²) >= 11 is 0. The van der Waals surface area contributed by atoms with Crippen molar-refractivity contribution >= 4 is 23.2 Å². The van der Waals surface area contributed by atoms with E-state index in [2.05, 4.69) is 22.9 Å². The van der Waals surface area contributed by atoms with Crippen LogP contribution in [0.4, 0.5) is 11.4 Å². The Kier molecular flexibility index (Phi) is 4.96. The largest absolute Gasteiger partial charge is 0.326 e. The molecule has 1 aromatic rings. The minimum absolute atomic E-state index is 0.0754. The van der Waals surface area contributed by atoms with Crippen LogP contribution in [0.15, 0.2) is 24.3 Å². The van der Waals surface area contributed by atoms with E-state index in [0.717, 1.165) is 38.0 Å². The van der Waals surface area contributed by atoms with Gasteiger partial charge in [0, 0.05) is 18.3 Å². The van der Waals surface area contributed by atoms with Crippen LogP contribution in [0.25, 0.3) is 0 Å². The molecule has 0 atom stereocenters. The molecule has 1 saturated heterocycles. The van der Waals surface area contributed by atoms with Gasteiger partial charge in [-0.15, -0.1) is 0 Å². The number of hydrogen-bond donors (Lipinski definition) is 3. The fraction of sp³-hybridized carbons (Fsp3) is 0.500. The SMILES string of the molecule is CCC1(C(=O)Nc2cccc(NC(C)=O)c2)CCNCC1. The van der Waals surface area contributed by atoms with Crippen LogP contribution in [0.1, 0.15) is 33.1 Å². The van der Waals surface area contributed by atoms with Crippen molar-refractivity contribution in [2.45, 2.75) is 33.1 Å². The molecule has 0 saturated carbocycles. The average Bonchev–Trinajstić information content (AvgIpc) is 2.47. The van der Waals surface area contributed by atoms with Crippen LogP contribution in [-0.2, 0) is 9.59 Å². The highest BCUT2D eigenvalue weighted by atomic mass is 16.2. The minimum atomic E-state index is -0.282. The maximum Gasteiger partial charge on any atom is 0.230 e. The van der Waals surface area contributed by atoms with E-state index in [1.54, 1.807) is 12.1 Å². The molecule has 114 valence electrons. The van der Waals surface area contributed by atoms with E-state index in [-0.39, 0.29) is 17.2 Å². The summed E-state index contributed by atoms with van der Waals surface area (Å²) in [5.41, 5.74) is 1.13. The standard InChI is InChI=1S/C16H23N3O2/c1-3-16(7-9-17-10-8-16)15(21)19-14-6-4-5-13(11-14)18-12(2)20/h4-6,11,17H,3,7-10H2,1-2H3,(H,18,20)(H,19,21). The molecule has 2 rings (SSSR count). The Bertz CT molecular complexity index is 522. The first kappa shape index (κ1) is 15.5. The van der Waals surface area contributed by atoms with Crippen molar-refractivity contribution < 1.29 is 9.59 Å². The number of anilines is 2. The summed E-state index contributed by atoms with van der Waals surface area (Å²) in [7, 11) is 0. The van der Waals surface area contributed by atoms with Gasteiger partial charge in [0.05, 0.1) is 5.41 Å². The summed E-state index contributed by atoms with van der Waals surface area (Å²) in [4.78, 5) is 23.7. The summed E-state index contributed by atoms with van der Waals surface area (Å²) in [6, 6.07) is 7.25. The highest BCUT2D eigenvalue weighted by Crippen LogP contribution is 2.34. The highest BCUT2D eigenvalue weighted by molar-refractivity contribution is 5.96. The van der Waals surface area contributed by atoms with Crippen LogP contribution in [-0.4, -0.2) is 24.9 Å². The lowest BCUT2D eigenvalue weighted by Gasteiger charge is -2.35. The second kappa shape index (κ2) is 6.72. The molecule has 3 N–H and O–H groups in total. The molecule has 0 radical (unpaired) electrons. The van der Waals surface area contributed by atoms with Crippen LogP contribution >= 0.6 is 0 Å². The fourth-order valence-corrected chi connectivity index (χ4v) is 2.79. The highest BCUT2D eigenvalue weighted by Gasteiger charge is 2.37. The normalized spacial score (nSPS) is 17.0. The first-order valence-electron chi connectivity index (χ1n) is 7.45. The van der Waals surface area contributed by atoms with E-state index in [4.69, 9.17) is 0 Å². The molecule has 0 bridgehead atoms. The van der Waals surface area contributed by atoms with Gasteiger partial charge in [-0.1, -0.05) is 13.0 Å². The number of benzene rings is 1. The van der Waals surface area contributed by atoms with Gasteiger partial charge in [0.15, 0.2) is 0 Å². The number of amides is 2. The summed E-state index contributed by atoms with van der Waals surface area (Å²) in [6.45, 7) is 5.30. The molecule has 1 fully saturated rings. The van der Waals surface area contributed by atoms with Crippen molar-refractivity contribution in [3.8, 4) is 0 Å². The zero-order chi connectivity index (χ0) is 15.3. The Morgan fingerprint density at radius 1 is 1.19 bits per heavy atom. The molecule has 5 heteroatoms. The summed E-state index contributed by atoms with van der Waals surface area (Å²) in [5.74, 6) is -0.0478. The molecular weight excluding hydrogens is 266 g/mol. The van der Waals surface area contributed by atoms with E-state index in [9.17, 15) is 9.59 Å². The van der Waals surface area contributed by atoms with Gasteiger partial charge in [0.2, 0.25) is 11.8 Å². The number of carbonyl (C=O) groups is 2. The molecule has 0 aliphatic carbocycles. The summed E-state index contributed by atoms with van der Waals surface area (Å²) < 4.78 is 0. The van der Waals surface area contributed by atoms with E-state index >= 15 is 0 Å².